The van der Waals surface area contributed by atoms with E-state index in [0.29, 0.717) is 48.8 Å². The maximum Gasteiger partial charge on any atom is 0.247 e. The van der Waals surface area contributed by atoms with Crippen LogP contribution in [0.2, 0.25) is 0 Å². The molecule has 1 aliphatic rings. The molecule has 2 aromatic carbocycles. The zero-order chi connectivity index (χ0) is 26.9. The molecule has 1 saturated carbocycles. The minimum absolute atomic E-state index is 0.0547. The van der Waals surface area contributed by atoms with Gasteiger partial charge in [0.05, 0.1) is 19.7 Å². The number of hydrogen-bond acceptors (Lipinski definition) is 7. The first-order chi connectivity index (χ1) is 18.5. The van der Waals surface area contributed by atoms with Crippen molar-refractivity contribution in [3.8, 4) is 11.5 Å². The van der Waals surface area contributed by atoms with E-state index in [9.17, 15) is 9.59 Å². The Morgan fingerprint density at radius 3 is 2.66 bits per heavy atom. The smallest absolute Gasteiger partial charge is 0.247 e. The Balaban J connectivity index is 1.71. The molecule has 1 heterocycles. The predicted molar refractivity (Wildman–Crippen MR) is 143 cm³/mol. The van der Waals surface area contributed by atoms with Crippen molar-refractivity contribution >= 4 is 22.8 Å². The Labute approximate surface area is 223 Å². The van der Waals surface area contributed by atoms with E-state index in [-0.39, 0.29) is 24.4 Å². The molecular formula is C28H37N5O5. The van der Waals surface area contributed by atoms with Gasteiger partial charge in [-0.1, -0.05) is 30.2 Å². The van der Waals surface area contributed by atoms with E-state index < -0.39 is 6.04 Å². The normalized spacial score (nSPS) is 14.4. The van der Waals surface area contributed by atoms with Crippen molar-refractivity contribution in [3.05, 3.63) is 48.0 Å². The van der Waals surface area contributed by atoms with Crippen LogP contribution < -0.4 is 14.8 Å². The van der Waals surface area contributed by atoms with E-state index in [1.54, 1.807) is 42.0 Å². The number of carbonyl (C=O) groups excluding carboxylic acids is 2. The molecule has 0 radical (unpaired) electrons. The van der Waals surface area contributed by atoms with Crippen LogP contribution in [0.15, 0.2) is 42.5 Å². The molecule has 10 heteroatoms. The second-order valence-electron chi connectivity index (χ2n) is 9.37. The number of nitrogens with zero attached hydrogens (tertiary/aromatic N) is 4. The Kier molecular flexibility index (Phi) is 9.53. The highest BCUT2D eigenvalue weighted by Gasteiger charge is 2.35. The number of methoxy groups -OCH3 is 2. The van der Waals surface area contributed by atoms with Crippen LogP contribution in [0.25, 0.3) is 11.0 Å². The molecule has 3 aromatic rings. The van der Waals surface area contributed by atoms with Crippen molar-refractivity contribution in [2.75, 3.05) is 34.0 Å². The van der Waals surface area contributed by atoms with Crippen LogP contribution in [0.1, 0.15) is 50.6 Å². The fourth-order valence-corrected chi connectivity index (χ4v) is 4.98. The Bertz CT molecular complexity index is 1220. The summed E-state index contributed by atoms with van der Waals surface area (Å²) in [4.78, 5) is 29.5. The van der Waals surface area contributed by atoms with Gasteiger partial charge in [0, 0.05) is 37.4 Å². The van der Waals surface area contributed by atoms with E-state index in [4.69, 9.17) is 14.2 Å². The van der Waals surface area contributed by atoms with Gasteiger partial charge in [-0.15, -0.1) is 5.10 Å². The van der Waals surface area contributed by atoms with Crippen LogP contribution in [0.4, 0.5) is 0 Å². The minimum atomic E-state index is -0.902. The quantitative estimate of drug-likeness (QED) is 0.342. The first kappa shape index (κ1) is 27.4. The molecule has 2 amide bonds. The van der Waals surface area contributed by atoms with Crippen LogP contribution in [-0.2, 0) is 20.9 Å². The number of amides is 2. The van der Waals surface area contributed by atoms with Gasteiger partial charge >= 0.3 is 0 Å². The van der Waals surface area contributed by atoms with Gasteiger partial charge in [-0.25, -0.2) is 4.68 Å². The standard InChI is InChI=1S/C28H37N5O5/c1-4-38-17-9-16-32(26(34)19-33-24-13-8-7-12-23(24)30-31-33)27(28(35)29-20-10-5-6-11-20)22-15-14-21(36-2)18-25(22)37-3/h7-8,12-15,18,20,27H,4-6,9-11,16-17,19H2,1-3H3,(H,29,35). The van der Waals surface area contributed by atoms with Crippen LogP contribution in [0.3, 0.4) is 0 Å². The van der Waals surface area contributed by atoms with Gasteiger partial charge in [-0.05, 0) is 50.5 Å². The lowest BCUT2D eigenvalue weighted by Crippen LogP contribution is -2.47. The number of fused-ring (bicyclic) bond motifs is 1. The van der Waals surface area contributed by atoms with Crippen LogP contribution >= 0.6 is 0 Å². The highest BCUT2D eigenvalue weighted by Crippen LogP contribution is 2.34. The van der Waals surface area contributed by atoms with Crippen LogP contribution in [-0.4, -0.2) is 71.7 Å². The molecule has 4 rings (SSSR count). The minimum Gasteiger partial charge on any atom is -0.497 e. The maximum absolute atomic E-state index is 13.9. The number of para-hydroxylation sites is 1. The summed E-state index contributed by atoms with van der Waals surface area (Å²) < 4.78 is 18.2. The van der Waals surface area contributed by atoms with Gasteiger partial charge in [0.1, 0.15) is 29.6 Å². The first-order valence-electron chi connectivity index (χ1n) is 13.2. The molecule has 0 saturated heterocycles. The number of ether oxygens (including phenoxy) is 3. The molecule has 1 unspecified atom stereocenters. The number of hydrogen-bond donors (Lipinski definition) is 1. The lowest BCUT2D eigenvalue weighted by molar-refractivity contribution is -0.142. The van der Waals surface area contributed by atoms with Crippen molar-refractivity contribution in [3.63, 3.8) is 0 Å². The average Bonchev–Trinajstić information content (AvgIpc) is 3.60. The first-order valence-corrected chi connectivity index (χ1v) is 13.2. The fraction of sp³-hybridized carbons (Fsp3) is 0.500. The lowest BCUT2D eigenvalue weighted by atomic mass is 10.0. The summed E-state index contributed by atoms with van der Waals surface area (Å²) in [5.41, 5.74) is 2.05. The molecule has 38 heavy (non-hydrogen) atoms. The summed E-state index contributed by atoms with van der Waals surface area (Å²) in [6.07, 6.45) is 4.60. The van der Waals surface area contributed by atoms with Crippen molar-refractivity contribution in [2.24, 2.45) is 0 Å². The Morgan fingerprint density at radius 1 is 1.13 bits per heavy atom. The van der Waals surface area contributed by atoms with Gasteiger partial charge in [-0.2, -0.15) is 0 Å². The van der Waals surface area contributed by atoms with E-state index >= 15 is 0 Å². The second kappa shape index (κ2) is 13.2. The monoisotopic (exact) mass is 523 g/mol. The topological polar surface area (TPSA) is 108 Å². The molecule has 10 nitrogen and oxygen atoms in total. The second-order valence-corrected chi connectivity index (χ2v) is 9.37. The van der Waals surface area contributed by atoms with Crippen molar-refractivity contribution < 1.29 is 23.8 Å². The number of carbonyl (C=O) groups is 2. The lowest BCUT2D eigenvalue weighted by Gasteiger charge is -2.33. The molecule has 1 fully saturated rings. The van der Waals surface area contributed by atoms with Crippen LogP contribution in [0.5, 0.6) is 11.5 Å². The summed E-state index contributed by atoms with van der Waals surface area (Å²) in [5, 5.41) is 11.6. The van der Waals surface area contributed by atoms with Crippen molar-refractivity contribution in [2.45, 2.75) is 57.7 Å². The molecule has 1 aromatic heterocycles. The van der Waals surface area contributed by atoms with Gasteiger partial charge in [0.2, 0.25) is 11.8 Å². The molecular weight excluding hydrogens is 486 g/mol. The van der Waals surface area contributed by atoms with Crippen molar-refractivity contribution in [1.29, 1.82) is 0 Å². The molecule has 0 bridgehead atoms. The summed E-state index contributed by atoms with van der Waals surface area (Å²) >= 11 is 0. The number of aromatic nitrogens is 3. The number of benzene rings is 2. The molecule has 1 aliphatic carbocycles. The Hall–Kier alpha value is -3.66. The van der Waals surface area contributed by atoms with E-state index in [2.05, 4.69) is 15.6 Å². The van der Waals surface area contributed by atoms with E-state index in [1.807, 2.05) is 31.2 Å². The molecule has 0 spiro atoms. The van der Waals surface area contributed by atoms with Gasteiger partial charge in [-0.3, -0.25) is 9.59 Å². The molecule has 1 N–H and O–H groups in total. The van der Waals surface area contributed by atoms with E-state index in [1.165, 1.54) is 0 Å². The molecule has 1 atom stereocenters. The summed E-state index contributed by atoms with van der Waals surface area (Å²) in [6.45, 7) is 3.25. The largest absolute Gasteiger partial charge is 0.497 e. The Morgan fingerprint density at radius 2 is 1.92 bits per heavy atom. The highest BCUT2D eigenvalue weighted by atomic mass is 16.5. The fourth-order valence-electron chi connectivity index (χ4n) is 4.98. The summed E-state index contributed by atoms with van der Waals surface area (Å²) in [5.74, 6) is 0.601. The SMILES string of the molecule is CCOCCCN(C(=O)Cn1nnc2ccccc21)C(C(=O)NC1CCCC1)c1ccc(OC)cc1OC. The molecule has 0 aliphatic heterocycles. The highest BCUT2D eigenvalue weighted by molar-refractivity contribution is 5.90. The number of nitrogens with one attached hydrogen (secondary N) is 1. The zero-order valence-corrected chi connectivity index (χ0v) is 22.4. The predicted octanol–water partition coefficient (Wildman–Crippen LogP) is 3.50. The zero-order valence-electron chi connectivity index (χ0n) is 22.4. The third kappa shape index (κ3) is 6.42. The van der Waals surface area contributed by atoms with Gasteiger partial charge < -0.3 is 24.4 Å². The van der Waals surface area contributed by atoms with Gasteiger partial charge in [0.25, 0.3) is 0 Å². The summed E-state index contributed by atoms with van der Waals surface area (Å²) in [6, 6.07) is 12.0. The molecule has 204 valence electrons. The number of rotatable bonds is 13. The van der Waals surface area contributed by atoms with Gasteiger partial charge in [0.15, 0.2) is 0 Å². The average molecular weight is 524 g/mol. The van der Waals surface area contributed by atoms with Crippen LogP contribution in [0, 0.1) is 0 Å². The van der Waals surface area contributed by atoms with Crippen molar-refractivity contribution in [1.82, 2.24) is 25.2 Å². The third-order valence-electron chi connectivity index (χ3n) is 6.91. The maximum atomic E-state index is 13.9. The van der Waals surface area contributed by atoms with E-state index in [0.717, 1.165) is 31.2 Å². The summed E-state index contributed by atoms with van der Waals surface area (Å²) in [7, 11) is 3.12. The third-order valence-corrected chi connectivity index (χ3v) is 6.91.